The van der Waals surface area contributed by atoms with E-state index in [4.69, 9.17) is 26.5 Å². The average Bonchev–Trinajstić information content (AvgIpc) is 3.02. The topological polar surface area (TPSA) is 103 Å². The molecule has 0 radical (unpaired) electrons. The summed E-state index contributed by atoms with van der Waals surface area (Å²) >= 11 is 5.89. The standard InChI is InChI=1S/C17H17ClN2O5/c18-12-1-2-13-11(7-12)8-14(25-13)17(23)24-9-15(21)20-5-3-10(4-6-20)16(19)22/h1-2,7-8,10H,3-6,9H2,(H2,19,22). The highest BCUT2D eigenvalue weighted by Crippen LogP contribution is 2.23. The zero-order chi connectivity index (χ0) is 18.0. The van der Waals surface area contributed by atoms with Crippen LogP contribution in [0.25, 0.3) is 11.0 Å². The first-order valence-corrected chi connectivity index (χ1v) is 8.25. The number of primary amides is 1. The van der Waals surface area contributed by atoms with Crippen LogP contribution in [0.2, 0.25) is 5.02 Å². The monoisotopic (exact) mass is 364 g/mol. The van der Waals surface area contributed by atoms with Crippen LogP contribution in [0.3, 0.4) is 0 Å². The summed E-state index contributed by atoms with van der Waals surface area (Å²) in [7, 11) is 0. The first kappa shape index (κ1) is 17.3. The predicted octanol–water partition coefficient (Wildman–Crippen LogP) is 1.97. The maximum atomic E-state index is 12.1. The van der Waals surface area contributed by atoms with Crippen LogP contribution in [0.1, 0.15) is 23.4 Å². The molecule has 1 aromatic heterocycles. The van der Waals surface area contributed by atoms with Crippen molar-refractivity contribution in [3.63, 3.8) is 0 Å². The Morgan fingerprint density at radius 2 is 1.96 bits per heavy atom. The van der Waals surface area contributed by atoms with Crippen molar-refractivity contribution in [3.05, 3.63) is 35.0 Å². The van der Waals surface area contributed by atoms with Crippen molar-refractivity contribution >= 4 is 40.4 Å². The summed E-state index contributed by atoms with van der Waals surface area (Å²) in [6, 6.07) is 6.50. The van der Waals surface area contributed by atoms with Crippen molar-refractivity contribution in [3.8, 4) is 0 Å². The first-order chi connectivity index (χ1) is 11.9. The van der Waals surface area contributed by atoms with E-state index in [1.165, 1.54) is 6.07 Å². The van der Waals surface area contributed by atoms with E-state index in [-0.39, 0.29) is 30.1 Å². The number of furan rings is 1. The number of ether oxygens (including phenoxy) is 1. The number of fused-ring (bicyclic) bond motifs is 1. The maximum absolute atomic E-state index is 12.1. The number of nitrogens with two attached hydrogens (primary N) is 1. The second-order valence-electron chi connectivity index (χ2n) is 5.93. The van der Waals surface area contributed by atoms with Crippen LogP contribution in [-0.4, -0.2) is 42.4 Å². The number of hydrogen-bond donors (Lipinski definition) is 1. The molecule has 0 atom stereocenters. The minimum absolute atomic E-state index is 0.0116. The number of nitrogens with zero attached hydrogens (tertiary/aromatic N) is 1. The molecule has 1 aromatic carbocycles. The van der Waals surface area contributed by atoms with Gasteiger partial charge in [-0.25, -0.2) is 4.79 Å². The van der Waals surface area contributed by atoms with Gasteiger partial charge in [0.1, 0.15) is 5.58 Å². The molecule has 2 aromatic rings. The second-order valence-corrected chi connectivity index (χ2v) is 6.36. The van der Waals surface area contributed by atoms with E-state index in [2.05, 4.69) is 0 Å². The molecule has 1 aliphatic rings. The molecule has 132 valence electrons. The van der Waals surface area contributed by atoms with Gasteiger partial charge in [0.05, 0.1) is 0 Å². The molecule has 1 aliphatic heterocycles. The van der Waals surface area contributed by atoms with E-state index in [9.17, 15) is 14.4 Å². The summed E-state index contributed by atoms with van der Waals surface area (Å²) in [6.45, 7) is 0.470. The van der Waals surface area contributed by atoms with Gasteiger partial charge in [0.15, 0.2) is 6.61 Å². The Balaban J connectivity index is 1.54. The number of halogens is 1. The Kier molecular flexibility index (Phi) is 4.94. The number of rotatable bonds is 4. The molecule has 2 amide bonds. The molecule has 0 aliphatic carbocycles. The van der Waals surface area contributed by atoms with E-state index >= 15 is 0 Å². The Morgan fingerprint density at radius 1 is 1.24 bits per heavy atom. The molecular formula is C17H17ClN2O5. The van der Waals surface area contributed by atoms with Gasteiger partial charge in [-0.2, -0.15) is 0 Å². The van der Waals surface area contributed by atoms with Crippen molar-refractivity contribution in [2.24, 2.45) is 11.7 Å². The number of carbonyl (C=O) groups excluding carboxylic acids is 3. The van der Waals surface area contributed by atoms with Crippen molar-refractivity contribution < 1.29 is 23.5 Å². The fourth-order valence-corrected chi connectivity index (χ4v) is 3.00. The van der Waals surface area contributed by atoms with E-state index in [1.807, 2.05) is 0 Å². The van der Waals surface area contributed by atoms with Gasteiger partial charge in [-0.1, -0.05) is 11.6 Å². The average molecular weight is 365 g/mol. The van der Waals surface area contributed by atoms with E-state index in [1.54, 1.807) is 23.1 Å². The van der Waals surface area contributed by atoms with Crippen LogP contribution in [-0.2, 0) is 14.3 Å². The number of piperidine rings is 1. The minimum atomic E-state index is -0.715. The third kappa shape index (κ3) is 3.93. The van der Waals surface area contributed by atoms with Crippen LogP contribution in [0.15, 0.2) is 28.7 Å². The lowest BCUT2D eigenvalue weighted by Crippen LogP contribution is -2.43. The summed E-state index contributed by atoms with van der Waals surface area (Å²) in [5, 5.41) is 1.21. The van der Waals surface area contributed by atoms with E-state index in [0.29, 0.717) is 41.9 Å². The van der Waals surface area contributed by atoms with Crippen LogP contribution in [0, 0.1) is 5.92 Å². The summed E-state index contributed by atoms with van der Waals surface area (Å²) in [6.07, 6.45) is 1.05. The SMILES string of the molecule is NC(=O)C1CCN(C(=O)COC(=O)c2cc3cc(Cl)ccc3o2)CC1. The van der Waals surface area contributed by atoms with E-state index in [0.717, 1.165) is 0 Å². The van der Waals surface area contributed by atoms with Crippen LogP contribution in [0.5, 0.6) is 0 Å². The summed E-state index contributed by atoms with van der Waals surface area (Å²) in [4.78, 5) is 36.8. The normalized spacial score (nSPS) is 15.3. The highest BCUT2D eigenvalue weighted by atomic mass is 35.5. The highest BCUT2D eigenvalue weighted by Gasteiger charge is 2.26. The van der Waals surface area contributed by atoms with Crippen LogP contribution < -0.4 is 5.73 Å². The predicted molar refractivity (Wildman–Crippen MR) is 90.0 cm³/mol. The largest absolute Gasteiger partial charge is 0.450 e. The molecule has 7 nitrogen and oxygen atoms in total. The lowest BCUT2D eigenvalue weighted by molar-refractivity contribution is -0.137. The Labute approximate surface area is 148 Å². The Bertz CT molecular complexity index is 824. The summed E-state index contributed by atoms with van der Waals surface area (Å²) in [5.74, 6) is -1.56. The molecule has 0 unspecified atom stereocenters. The maximum Gasteiger partial charge on any atom is 0.374 e. The number of esters is 1. The van der Waals surface area contributed by atoms with Gasteiger partial charge in [0, 0.05) is 29.4 Å². The van der Waals surface area contributed by atoms with Gasteiger partial charge in [0.2, 0.25) is 11.7 Å². The van der Waals surface area contributed by atoms with Gasteiger partial charge < -0.3 is 19.8 Å². The zero-order valence-corrected chi connectivity index (χ0v) is 14.1. The number of hydrogen-bond acceptors (Lipinski definition) is 5. The molecule has 0 bridgehead atoms. The van der Waals surface area contributed by atoms with Gasteiger partial charge in [0.25, 0.3) is 5.91 Å². The number of likely N-dealkylation sites (tertiary alicyclic amines) is 1. The van der Waals surface area contributed by atoms with Crippen LogP contribution in [0.4, 0.5) is 0 Å². The third-order valence-electron chi connectivity index (χ3n) is 4.26. The lowest BCUT2D eigenvalue weighted by Gasteiger charge is -2.30. The van der Waals surface area contributed by atoms with Crippen molar-refractivity contribution in [1.29, 1.82) is 0 Å². The highest BCUT2D eigenvalue weighted by molar-refractivity contribution is 6.31. The van der Waals surface area contributed by atoms with Gasteiger partial charge >= 0.3 is 5.97 Å². The quantitative estimate of drug-likeness (QED) is 0.835. The molecule has 0 saturated carbocycles. The smallest absolute Gasteiger partial charge is 0.374 e. The number of amides is 2. The Hall–Kier alpha value is -2.54. The van der Waals surface area contributed by atoms with Gasteiger partial charge in [-0.15, -0.1) is 0 Å². The molecule has 1 saturated heterocycles. The first-order valence-electron chi connectivity index (χ1n) is 7.87. The number of carbonyl (C=O) groups is 3. The second kappa shape index (κ2) is 7.14. The molecular weight excluding hydrogens is 348 g/mol. The molecule has 2 heterocycles. The number of benzene rings is 1. The lowest BCUT2D eigenvalue weighted by atomic mass is 9.96. The fraction of sp³-hybridized carbons (Fsp3) is 0.353. The van der Waals surface area contributed by atoms with Crippen molar-refractivity contribution in [2.75, 3.05) is 19.7 Å². The molecule has 1 fully saturated rings. The fourth-order valence-electron chi connectivity index (χ4n) is 2.82. The van der Waals surface area contributed by atoms with Crippen molar-refractivity contribution in [1.82, 2.24) is 4.90 Å². The molecule has 2 N–H and O–H groups in total. The zero-order valence-electron chi connectivity index (χ0n) is 13.4. The Morgan fingerprint density at radius 3 is 2.64 bits per heavy atom. The van der Waals surface area contributed by atoms with Crippen LogP contribution >= 0.6 is 11.6 Å². The third-order valence-corrected chi connectivity index (χ3v) is 4.49. The molecule has 0 spiro atoms. The summed E-state index contributed by atoms with van der Waals surface area (Å²) < 4.78 is 10.4. The summed E-state index contributed by atoms with van der Waals surface area (Å²) in [5.41, 5.74) is 5.77. The molecule has 25 heavy (non-hydrogen) atoms. The molecule has 3 rings (SSSR count). The van der Waals surface area contributed by atoms with Gasteiger partial charge in [-0.05, 0) is 37.1 Å². The van der Waals surface area contributed by atoms with Crippen molar-refractivity contribution in [2.45, 2.75) is 12.8 Å². The van der Waals surface area contributed by atoms with E-state index < -0.39 is 5.97 Å². The minimum Gasteiger partial charge on any atom is -0.450 e. The van der Waals surface area contributed by atoms with Gasteiger partial charge in [-0.3, -0.25) is 9.59 Å². The molecule has 8 heteroatoms.